The fourth-order valence-electron chi connectivity index (χ4n) is 3.29. The van der Waals surface area contributed by atoms with E-state index < -0.39 is 23.9 Å². The van der Waals surface area contributed by atoms with Gasteiger partial charge in [0.1, 0.15) is 10.8 Å². The highest BCUT2D eigenvalue weighted by atomic mass is 35.5. The van der Waals surface area contributed by atoms with Gasteiger partial charge in [0.25, 0.3) is 0 Å². The van der Waals surface area contributed by atoms with Gasteiger partial charge in [-0.05, 0) is 66.2 Å². The van der Waals surface area contributed by atoms with Crippen molar-refractivity contribution in [2.24, 2.45) is 0 Å². The molecule has 0 aromatic carbocycles. The maximum absolute atomic E-state index is 12.5. The first-order chi connectivity index (χ1) is 13.3. The topological polar surface area (TPSA) is 72.9 Å². The Balaban J connectivity index is 1.79. The van der Waals surface area contributed by atoms with Crippen molar-refractivity contribution in [2.45, 2.75) is 71.3 Å². The number of amides is 1. The second-order valence-electron chi connectivity index (χ2n) is 9.67. The first-order valence-corrected chi connectivity index (χ1v) is 10.4. The summed E-state index contributed by atoms with van der Waals surface area (Å²) in [5.41, 5.74) is 0.114. The molecule has 1 amide bonds. The fourth-order valence-corrected chi connectivity index (χ4v) is 3.51. The van der Waals surface area contributed by atoms with Crippen molar-refractivity contribution in [1.82, 2.24) is 15.2 Å². The van der Waals surface area contributed by atoms with Gasteiger partial charge in [-0.2, -0.15) is 0 Å². The van der Waals surface area contributed by atoms with Crippen LogP contribution in [0.5, 0.6) is 0 Å². The molecular weight excluding hydrogens is 393 g/mol. The van der Waals surface area contributed by atoms with Crippen molar-refractivity contribution in [2.75, 3.05) is 19.6 Å². The molecule has 9 heteroatoms. The summed E-state index contributed by atoms with van der Waals surface area (Å²) in [5, 5.41) is 3.81. The molecule has 0 radical (unpaired) electrons. The van der Waals surface area contributed by atoms with Crippen molar-refractivity contribution in [3.8, 4) is 0 Å². The van der Waals surface area contributed by atoms with Crippen molar-refractivity contribution in [1.29, 1.82) is 0 Å². The predicted molar refractivity (Wildman–Crippen MR) is 114 cm³/mol. The van der Waals surface area contributed by atoms with E-state index in [4.69, 9.17) is 25.6 Å². The largest absolute Gasteiger partial charge is 0.514 e. The lowest BCUT2D eigenvalue weighted by Gasteiger charge is -2.35. The summed E-state index contributed by atoms with van der Waals surface area (Å²) in [6, 6.07) is 3.66. The predicted octanol–water partition coefficient (Wildman–Crippen LogP) is 2.92. The van der Waals surface area contributed by atoms with Crippen LogP contribution in [0.15, 0.2) is 12.1 Å². The Bertz CT molecular complexity index is 765. The summed E-state index contributed by atoms with van der Waals surface area (Å²) >= 11 is 6.32. The Kier molecular flexibility index (Phi) is 5.95. The van der Waals surface area contributed by atoms with E-state index >= 15 is 0 Å². The van der Waals surface area contributed by atoms with Crippen molar-refractivity contribution in [3.63, 3.8) is 0 Å². The summed E-state index contributed by atoms with van der Waals surface area (Å²) in [6.07, 6.45) is -0.310. The van der Waals surface area contributed by atoms with E-state index in [-0.39, 0.29) is 12.1 Å². The molecule has 1 N–H and O–H groups in total. The van der Waals surface area contributed by atoms with Crippen LogP contribution in [-0.2, 0) is 14.0 Å². The minimum atomic E-state index is -0.594. The molecule has 7 nitrogen and oxygen atoms in total. The van der Waals surface area contributed by atoms with Gasteiger partial charge in [-0.1, -0.05) is 11.6 Å². The molecule has 3 heterocycles. The lowest BCUT2D eigenvalue weighted by molar-refractivity contribution is 0.00578. The van der Waals surface area contributed by atoms with Gasteiger partial charge < -0.3 is 24.3 Å². The number of nitrogens with one attached hydrogen (secondary N) is 1. The van der Waals surface area contributed by atoms with Gasteiger partial charge in [-0.3, -0.25) is 0 Å². The van der Waals surface area contributed by atoms with Gasteiger partial charge in [0.15, 0.2) is 0 Å². The Hall–Kier alpha value is -1.35. The van der Waals surface area contributed by atoms with Crippen molar-refractivity contribution in [3.05, 3.63) is 22.8 Å². The third-order valence-electron chi connectivity index (χ3n) is 5.56. The number of pyridine rings is 1. The second-order valence-corrected chi connectivity index (χ2v) is 10.1. The lowest BCUT2D eigenvalue weighted by atomic mass is 9.82. The highest BCUT2D eigenvalue weighted by Gasteiger charge is 2.52. The zero-order chi connectivity index (χ0) is 21.6. The maximum Gasteiger partial charge on any atom is 0.514 e. The number of nitrogens with zero attached hydrogens (tertiary/aromatic N) is 2. The first kappa shape index (κ1) is 22.3. The third-order valence-corrected chi connectivity index (χ3v) is 5.75. The monoisotopic (exact) mass is 423 g/mol. The average Bonchev–Trinajstić information content (AvgIpc) is 2.81. The number of aromatic nitrogens is 1. The standard InChI is InChI=1S/C20H31BClN3O4/c1-18(2,3)27-17(26)25-9-8-23-14(12-25)13-10-15(24-16(22)11-13)21-28-19(4,5)20(6,7)29-21/h10-11,14,23H,8-9,12H2,1-7H3. The van der Waals surface area contributed by atoms with Gasteiger partial charge >= 0.3 is 13.2 Å². The molecule has 0 saturated carbocycles. The van der Waals surface area contributed by atoms with E-state index in [0.29, 0.717) is 30.4 Å². The van der Waals surface area contributed by atoms with Crippen molar-refractivity contribution >= 4 is 30.4 Å². The molecule has 0 spiro atoms. The van der Waals surface area contributed by atoms with E-state index in [1.807, 2.05) is 60.6 Å². The zero-order valence-corrected chi connectivity index (χ0v) is 19.1. The maximum atomic E-state index is 12.5. The van der Waals surface area contributed by atoms with Crippen LogP contribution >= 0.6 is 11.6 Å². The van der Waals surface area contributed by atoms with Gasteiger partial charge in [0.2, 0.25) is 0 Å². The summed E-state index contributed by atoms with van der Waals surface area (Å²) < 4.78 is 17.7. The molecule has 2 aliphatic heterocycles. The summed E-state index contributed by atoms with van der Waals surface area (Å²) in [4.78, 5) is 18.6. The van der Waals surface area contributed by atoms with Crippen LogP contribution in [0.2, 0.25) is 5.15 Å². The zero-order valence-electron chi connectivity index (χ0n) is 18.3. The van der Waals surface area contributed by atoms with Crippen LogP contribution in [0.4, 0.5) is 4.79 Å². The number of piperazine rings is 1. The number of ether oxygens (including phenoxy) is 1. The number of carbonyl (C=O) groups is 1. The molecular formula is C20H31BClN3O4. The van der Waals surface area contributed by atoms with E-state index in [9.17, 15) is 4.79 Å². The molecule has 1 unspecified atom stereocenters. The first-order valence-electron chi connectivity index (χ1n) is 10.0. The Labute approximate surface area is 178 Å². The number of hydrogen-bond acceptors (Lipinski definition) is 6. The minimum absolute atomic E-state index is 0.0852. The second kappa shape index (κ2) is 7.73. The fraction of sp³-hybridized carbons (Fsp3) is 0.700. The van der Waals surface area contributed by atoms with Crippen LogP contribution in [0.1, 0.15) is 60.1 Å². The quantitative estimate of drug-likeness (QED) is 0.582. The van der Waals surface area contributed by atoms with E-state index in [1.165, 1.54) is 0 Å². The molecule has 2 aliphatic rings. The highest BCUT2D eigenvalue weighted by molar-refractivity contribution is 6.61. The minimum Gasteiger partial charge on any atom is -0.444 e. The molecule has 1 atom stereocenters. The Morgan fingerprint density at radius 2 is 1.90 bits per heavy atom. The third kappa shape index (κ3) is 5.05. The lowest BCUT2D eigenvalue weighted by Crippen LogP contribution is -2.50. The van der Waals surface area contributed by atoms with Gasteiger partial charge in [0.05, 0.1) is 22.8 Å². The SMILES string of the molecule is CC(C)(C)OC(=O)N1CCNC(c2cc(Cl)nc(B3OC(C)(C)C(C)(C)O3)c2)C1. The average molecular weight is 424 g/mol. The van der Waals surface area contributed by atoms with Crippen LogP contribution < -0.4 is 10.9 Å². The summed E-state index contributed by atoms with van der Waals surface area (Å²) in [7, 11) is -0.594. The number of carbonyl (C=O) groups excluding carboxylic acids is 1. The van der Waals surface area contributed by atoms with E-state index in [1.54, 1.807) is 4.90 Å². The molecule has 0 aliphatic carbocycles. The molecule has 1 aromatic heterocycles. The van der Waals surface area contributed by atoms with Crippen LogP contribution in [0.25, 0.3) is 0 Å². The highest BCUT2D eigenvalue weighted by Crippen LogP contribution is 2.36. The number of rotatable bonds is 2. The molecule has 2 fully saturated rings. The smallest absolute Gasteiger partial charge is 0.444 e. The summed E-state index contributed by atoms with van der Waals surface area (Å²) in [5.74, 6) is 0. The Morgan fingerprint density at radius 3 is 2.48 bits per heavy atom. The van der Waals surface area contributed by atoms with Crippen molar-refractivity contribution < 1.29 is 18.8 Å². The molecule has 0 bridgehead atoms. The molecule has 3 rings (SSSR count). The molecule has 1 aromatic rings. The van der Waals surface area contributed by atoms with Crippen LogP contribution in [0, 0.1) is 0 Å². The van der Waals surface area contributed by atoms with Gasteiger partial charge in [0, 0.05) is 19.6 Å². The van der Waals surface area contributed by atoms with Gasteiger partial charge in [-0.25, -0.2) is 9.78 Å². The van der Waals surface area contributed by atoms with Crippen LogP contribution in [0.3, 0.4) is 0 Å². The van der Waals surface area contributed by atoms with Gasteiger partial charge in [-0.15, -0.1) is 0 Å². The molecule has 29 heavy (non-hydrogen) atoms. The van der Waals surface area contributed by atoms with E-state index in [2.05, 4.69) is 10.3 Å². The summed E-state index contributed by atoms with van der Waals surface area (Å²) in [6.45, 7) is 15.3. The number of halogens is 1. The molecule has 2 saturated heterocycles. The van der Waals surface area contributed by atoms with E-state index in [0.717, 1.165) is 5.56 Å². The number of hydrogen-bond donors (Lipinski definition) is 1. The normalized spacial score (nSPS) is 23.9. The van der Waals surface area contributed by atoms with Crippen LogP contribution in [-0.4, -0.2) is 59.5 Å². The molecule has 160 valence electrons. The Morgan fingerprint density at radius 1 is 1.28 bits per heavy atom.